The summed E-state index contributed by atoms with van der Waals surface area (Å²) in [5.74, 6) is -0.0245. The molecular weight excluding hydrogens is 377 g/mol. The van der Waals surface area contributed by atoms with Gasteiger partial charge >= 0.3 is 6.18 Å². The molecular formula is C20H18ClF3N2O. The SMILES string of the molecule is Cc1cc(C2ON=C3C(c4cc(C)ncc4Cl)CCC32)cc(C(F)(F)F)c1. The molecule has 2 aromatic rings. The highest BCUT2D eigenvalue weighted by molar-refractivity contribution is 6.31. The molecule has 1 aromatic heterocycles. The summed E-state index contributed by atoms with van der Waals surface area (Å²) < 4.78 is 39.5. The van der Waals surface area contributed by atoms with E-state index in [1.165, 1.54) is 6.07 Å². The van der Waals surface area contributed by atoms with Crippen LogP contribution in [0.1, 0.15) is 52.8 Å². The van der Waals surface area contributed by atoms with Gasteiger partial charge in [-0.15, -0.1) is 0 Å². The van der Waals surface area contributed by atoms with E-state index in [9.17, 15) is 13.2 Å². The summed E-state index contributed by atoms with van der Waals surface area (Å²) in [5, 5.41) is 4.84. The van der Waals surface area contributed by atoms with Crippen LogP contribution in [0.3, 0.4) is 0 Å². The Morgan fingerprint density at radius 3 is 2.63 bits per heavy atom. The molecule has 0 N–H and O–H groups in total. The van der Waals surface area contributed by atoms with Gasteiger partial charge in [0.05, 0.1) is 16.3 Å². The zero-order chi connectivity index (χ0) is 19.3. The molecule has 7 heteroatoms. The first-order valence-electron chi connectivity index (χ1n) is 8.78. The Morgan fingerprint density at radius 2 is 1.89 bits per heavy atom. The van der Waals surface area contributed by atoms with Gasteiger partial charge in [-0.2, -0.15) is 13.2 Å². The van der Waals surface area contributed by atoms with Crippen molar-refractivity contribution in [2.24, 2.45) is 11.1 Å². The monoisotopic (exact) mass is 394 g/mol. The van der Waals surface area contributed by atoms with E-state index >= 15 is 0 Å². The summed E-state index contributed by atoms with van der Waals surface area (Å²) in [6, 6.07) is 6.01. The Hall–Kier alpha value is -2.08. The molecule has 3 unspecified atom stereocenters. The average Bonchev–Trinajstić information content (AvgIpc) is 3.17. The number of hydrogen-bond acceptors (Lipinski definition) is 3. The maximum Gasteiger partial charge on any atom is 0.416 e. The highest BCUT2D eigenvalue weighted by atomic mass is 35.5. The van der Waals surface area contributed by atoms with Crippen LogP contribution in [0.4, 0.5) is 13.2 Å². The minimum atomic E-state index is -4.39. The number of fused-ring (bicyclic) bond motifs is 1. The Bertz CT molecular complexity index is 926. The molecule has 1 aliphatic heterocycles. The van der Waals surface area contributed by atoms with Crippen LogP contribution >= 0.6 is 11.6 Å². The van der Waals surface area contributed by atoms with Gasteiger partial charge in [0.15, 0.2) is 6.10 Å². The topological polar surface area (TPSA) is 34.5 Å². The summed E-state index contributed by atoms with van der Waals surface area (Å²) in [6.07, 6.45) is -1.62. The molecule has 0 amide bonds. The van der Waals surface area contributed by atoms with E-state index in [4.69, 9.17) is 16.4 Å². The smallest absolute Gasteiger partial charge is 0.387 e. The lowest BCUT2D eigenvalue weighted by molar-refractivity contribution is -0.137. The highest BCUT2D eigenvalue weighted by Gasteiger charge is 2.45. The first-order chi connectivity index (χ1) is 12.7. The fourth-order valence-electron chi connectivity index (χ4n) is 4.11. The van der Waals surface area contributed by atoms with Gasteiger partial charge in [0, 0.05) is 23.7 Å². The largest absolute Gasteiger partial charge is 0.416 e. The van der Waals surface area contributed by atoms with Crippen LogP contribution in [-0.2, 0) is 11.0 Å². The molecule has 1 aliphatic carbocycles. The second-order valence-corrected chi connectivity index (χ2v) is 7.66. The van der Waals surface area contributed by atoms with Crippen LogP contribution < -0.4 is 0 Å². The molecule has 2 heterocycles. The number of rotatable bonds is 2. The highest BCUT2D eigenvalue weighted by Crippen LogP contribution is 2.49. The number of oxime groups is 1. The Labute approximate surface area is 160 Å². The molecule has 1 fully saturated rings. The van der Waals surface area contributed by atoms with Crippen molar-refractivity contribution in [3.8, 4) is 0 Å². The Balaban J connectivity index is 1.65. The third kappa shape index (κ3) is 3.31. The summed E-state index contributed by atoms with van der Waals surface area (Å²) in [6.45, 7) is 3.56. The summed E-state index contributed by atoms with van der Waals surface area (Å²) >= 11 is 6.33. The number of aromatic nitrogens is 1. The zero-order valence-corrected chi connectivity index (χ0v) is 15.6. The van der Waals surface area contributed by atoms with Crippen molar-refractivity contribution >= 4 is 17.3 Å². The molecule has 3 nitrogen and oxygen atoms in total. The second kappa shape index (κ2) is 6.51. The quantitative estimate of drug-likeness (QED) is 0.626. The van der Waals surface area contributed by atoms with E-state index in [-0.39, 0.29) is 11.8 Å². The number of hydrogen-bond donors (Lipinski definition) is 0. The van der Waals surface area contributed by atoms with Crippen molar-refractivity contribution in [3.63, 3.8) is 0 Å². The van der Waals surface area contributed by atoms with Crippen LogP contribution in [0.15, 0.2) is 35.6 Å². The molecule has 2 aliphatic rings. The lowest BCUT2D eigenvalue weighted by Crippen LogP contribution is -2.16. The van der Waals surface area contributed by atoms with Crippen LogP contribution in [0.2, 0.25) is 5.02 Å². The number of pyridine rings is 1. The molecule has 1 saturated carbocycles. The molecule has 1 aromatic carbocycles. The number of halogens is 4. The van der Waals surface area contributed by atoms with Gasteiger partial charge in [-0.25, -0.2) is 0 Å². The van der Waals surface area contributed by atoms with Crippen molar-refractivity contribution in [1.29, 1.82) is 0 Å². The van der Waals surface area contributed by atoms with Crippen molar-refractivity contribution in [2.75, 3.05) is 0 Å². The Morgan fingerprint density at radius 1 is 1.11 bits per heavy atom. The third-order valence-corrected chi connectivity index (χ3v) is 5.61. The minimum Gasteiger partial charge on any atom is -0.387 e. The van der Waals surface area contributed by atoms with Gasteiger partial charge in [0.1, 0.15) is 0 Å². The van der Waals surface area contributed by atoms with Crippen molar-refractivity contribution < 1.29 is 18.0 Å². The molecule has 142 valence electrons. The van der Waals surface area contributed by atoms with E-state index in [0.29, 0.717) is 16.1 Å². The molecule has 27 heavy (non-hydrogen) atoms. The summed E-state index contributed by atoms with van der Waals surface area (Å²) in [5.41, 5.74) is 3.10. The number of aryl methyl sites for hydroxylation is 2. The maximum atomic E-state index is 13.2. The van der Waals surface area contributed by atoms with E-state index < -0.39 is 17.8 Å². The van der Waals surface area contributed by atoms with Gasteiger partial charge in [0.2, 0.25) is 0 Å². The average molecular weight is 395 g/mol. The van der Waals surface area contributed by atoms with Crippen molar-refractivity contribution in [3.05, 3.63) is 63.4 Å². The van der Waals surface area contributed by atoms with E-state index in [1.807, 2.05) is 13.0 Å². The number of benzene rings is 1. The normalized spacial score (nSPS) is 24.5. The molecule has 0 spiro atoms. The minimum absolute atomic E-state index is 0.0149. The Kier molecular flexibility index (Phi) is 4.41. The van der Waals surface area contributed by atoms with E-state index in [0.717, 1.165) is 35.9 Å². The lowest BCUT2D eigenvalue weighted by atomic mass is 9.89. The van der Waals surface area contributed by atoms with Crippen LogP contribution in [0, 0.1) is 19.8 Å². The van der Waals surface area contributed by atoms with E-state index in [1.54, 1.807) is 19.2 Å². The van der Waals surface area contributed by atoms with Gasteiger partial charge in [-0.05, 0) is 56.0 Å². The van der Waals surface area contributed by atoms with Crippen molar-refractivity contribution in [1.82, 2.24) is 4.98 Å². The zero-order valence-electron chi connectivity index (χ0n) is 14.8. The molecule has 0 radical (unpaired) electrons. The van der Waals surface area contributed by atoms with Gasteiger partial charge in [-0.1, -0.05) is 28.4 Å². The maximum absolute atomic E-state index is 13.2. The summed E-state index contributed by atoms with van der Waals surface area (Å²) in [4.78, 5) is 9.80. The lowest BCUT2D eigenvalue weighted by Gasteiger charge is -2.18. The van der Waals surface area contributed by atoms with Crippen LogP contribution in [-0.4, -0.2) is 10.7 Å². The van der Waals surface area contributed by atoms with Gasteiger partial charge in [-0.3, -0.25) is 4.98 Å². The first kappa shape index (κ1) is 18.3. The fourth-order valence-corrected chi connectivity index (χ4v) is 4.34. The molecule has 0 saturated heterocycles. The van der Waals surface area contributed by atoms with Crippen LogP contribution in [0.25, 0.3) is 0 Å². The van der Waals surface area contributed by atoms with Gasteiger partial charge < -0.3 is 4.84 Å². The van der Waals surface area contributed by atoms with E-state index in [2.05, 4.69) is 10.1 Å². The fraction of sp³-hybridized carbons (Fsp3) is 0.400. The first-order valence-corrected chi connectivity index (χ1v) is 9.16. The molecule has 3 atom stereocenters. The third-order valence-electron chi connectivity index (χ3n) is 5.29. The van der Waals surface area contributed by atoms with Crippen molar-refractivity contribution in [2.45, 2.75) is 44.9 Å². The van der Waals surface area contributed by atoms with Gasteiger partial charge in [0.25, 0.3) is 0 Å². The number of alkyl halides is 3. The second-order valence-electron chi connectivity index (χ2n) is 7.26. The standard InChI is InChI=1S/C20H18ClF3N2O/c1-10-5-12(8-13(6-10)20(22,23)24)19-15-4-3-14(18(15)26-27-19)16-7-11(2)25-9-17(16)21/h5-9,14-15,19H,3-4H2,1-2H3. The predicted octanol–water partition coefficient (Wildman–Crippen LogP) is 5.99. The summed E-state index contributed by atoms with van der Waals surface area (Å²) in [7, 11) is 0. The van der Waals surface area contributed by atoms with Crippen LogP contribution in [0.5, 0.6) is 0 Å². The predicted molar refractivity (Wildman–Crippen MR) is 96.9 cm³/mol. The molecule has 4 rings (SSSR count). The number of nitrogens with zero attached hydrogens (tertiary/aromatic N) is 2. The molecule has 0 bridgehead atoms.